The van der Waals surface area contributed by atoms with Gasteiger partial charge in [0, 0.05) is 30.7 Å². The van der Waals surface area contributed by atoms with Crippen molar-refractivity contribution in [1.82, 2.24) is 0 Å². The first-order valence-electron chi connectivity index (χ1n) is 12.8. The van der Waals surface area contributed by atoms with Gasteiger partial charge >= 0.3 is 59.6 Å². The number of aromatic nitrogens is 2. The number of aldehydes is 1. The van der Waals surface area contributed by atoms with Crippen LogP contribution in [0.2, 0.25) is 0 Å². The zero-order valence-electron chi connectivity index (χ0n) is 24.0. The third-order valence-electron chi connectivity index (χ3n) is 4.78. The van der Waals surface area contributed by atoms with E-state index < -0.39 is 39.3 Å². The Morgan fingerprint density at radius 2 is 1.27 bits per heavy atom. The van der Waals surface area contributed by atoms with Crippen molar-refractivity contribution in [3.05, 3.63) is 127 Å². The van der Waals surface area contributed by atoms with E-state index >= 15 is 0 Å². The smallest absolute Gasteiger partial charge is 0.166 e. The minimum Gasteiger partial charge on any atom is -0.218 e. The second-order valence-electron chi connectivity index (χ2n) is 8.17. The van der Waals surface area contributed by atoms with E-state index in [2.05, 4.69) is 12.8 Å². The number of aromatic amines is 2. The van der Waals surface area contributed by atoms with Crippen LogP contribution in [0.1, 0.15) is 22.3 Å². The molecule has 0 aliphatic carbocycles. The van der Waals surface area contributed by atoms with Crippen molar-refractivity contribution in [3.8, 4) is 5.75 Å². The van der Waals surface area contributed by atoms with E-state index in [1.165, 1.54) is 0 Å². The molecule has 1 unspecified atom stereocenters. The second-order valence-corrected chi connectivity index (χ2v) is 11.8. The second kappa shape index (κ2) is 22.3. The number of hydrogen-bond acceptors (Lipinski definition) is 12. The largest absolute Gasteiger partial charge is 0.218 e. The summed E-state index contributed by atoms with van der Waals surface area (Å²) < 4.78 is 74.7. The monoisotopic (exact) mass is 704 g/mol. The van der Waals surface area contributed by atoms with Crippen molar-refractivity contribution in [1.29, 1.82) is 0 Å². The van der Waals surface area contributed by atoms with Crippen LogP contribution >= 0.6 is 0 Å². The fraction of sp³-hybridized carbons (Fsp3) is 0.172. The Morgan fingerprint density at radius 3 is 1.62 bits per heavy atom. The maximum atomic E-state index is 11.9. The molecule has 2 aromatic heterocycles. The van der Waals surface area contributed by atoms with E-state index in [0.29, 0.717) is 31.5 Å². The van der Waals surface area contributed by atoms with Gasteiger partial charge < -0.3 is 14.2 Å². The quantitative estimate of drug-likeness (QED) is 0.122. The SMILES string of the molecule is COc1ccc(COCCC(C=O)OC(=O)c2ccccc2)cc1.[O]=[Cr](=[O])([O-])[O][Cr](=[O])(=[O])[O-].c1cc[nH+]cc1.c1cc[nH+]cc1. The Morgan fingerprint density at radius 1 is 0.778 bits per heavy atom. The van der Waals surface area contributed by atoms with Gasteiger partial charge in [0.1, 0.15) is 5.75 Å². The average molecular weight is 705 g/mol. The summed E-state index contributed by atoms with van der Waals surface area (Å²) in [6.45, 7) is 0.736. The van der Waals surface area contributed by atoms with Gasteiger partial charge in [0.25, 0.3) is 0 Å². The number of methoxy groups -OCH3 is 1. The first-order chi connectivity index (χ1) is 21.4. The van der Waals surface area contributed by atoms with Gasteiger partial charge in [-0.3, -0.25) is 4.79 Å². The average Bonchev–Trinajstić information content (AvgIpc) is 3.04. The summed E-state index contributed by atoms with van der Waals surface area (Å²) in [6, 6.07) is 27.8. The van der Waals surface area contributed by atoms with Crippen molar-refractivity contribution >= 4 is 12.3 Å². The summed E-state index contributed by atoms with van der Waals surface area (Å²) in [4.78, 5) is 28.7. The molecule has 0 spiro atoms. The molecule has 2 heterocycles. The van der Waals surface area contributed by atoms with Crippen LogP contribution in [-0.2, 0) is 66.2 Å². The molecule has 0 aliphatic heterocycles. The van der Waals surface area contributed by atoms with Crippen LogP contribution in [0.15, 0.2) is 116 Å². The Labute approximate surface area is 264 Å². The molecule has 0 saturated heterocycles. The minimum absolute atomic E-state index is 0.317. The predicted octanol–water partition coefficient (Wildman–Crippen LogP) is 1.10. The molecular weight excluding hydrogens is 672 g/mol. The molecule has 2 N–H and O–H groups in total. The number of hydrogen-bond donors (Lipinski definition) is 0. The number of benzene rings is 2. The molecule has 0 fully saturated rings. The van der Waals surface area contributed by atoms with Gasteiger partial charge in [0.2, 0.25) is 0 Å². The van der Waals surface area contributed by atoms with Gasteiger partial charge in [-0.25, -0.2) is 14.8 Å². The fourth-order valence-corrected chi connectivity index (χ4v) is 4.46. The first-order valence-corrected chi connectivity index (χ1v) is 17.0. The Bertz CT molecular complexity index is 1450. The van der Waals surface area contributed by atoms with E-state index in [0.717, 1.165) is 11.3 Å². The minimum atomic E-state index is -6.07. The maximum absolute atomic E-state index is 11.9. The summed E-state index contributed by atoms with van der Waals surface area (Å²) >= 11 is -12.1. The number of pyridine rings is 2. The Kier molecular flexibility index (Phi) is 19.2. The fourth-order valence-electron chi connectivity index (χ4n) is 2.83. The molecule has 0 bridgehead atoms. The summed E-state index contributed by atoms with van der Waals surface area (Å²) in [5, 5.41) is 0. The zero-order chi connectivity index (χ0) is 33.4. The first kappa shape index (κ1) is 38.8. The Hall–Kier alpha value is -4.22. The van der Waals surface area contributed by atoms with Gasteiger partial charge in [-0.05, 0) is 29.8 Å². The van der Waals surface area contributed by atoms with Gasteiger partial charge in [-0.2, -0.15) is 0 Å². The van der Waals surface area contributed by atoms with Gasteiger partial charge in [0.15, 0.2) is 37.2 Å². The van der Waals surface area contributed by atoms with E-state index in [4.69, 9.17) is 14.2 Å². The van der Waals surface area contributed by atoms with E-state index in [-0.39, 0.29) is 0 Å². The van der Waals surface area contributed by atoms with Crippen molar-refractivity contribution < 1.29 is 87.4 Å². The normalized spacial score (nSPS) is 11.0. The molecule has 0 radical (unpaired) electrons. The third-order valence-corrected chi connectivity index (χ3v) is 7.44. The summed E-state index contributed by atoms with van der Waals surface area (Å²) in [5.41, 5.74) is 1.42. The molecule has 0 amide bonds. The van der Waals surface area contributed by atoms with Crippen LogP contribution in [0.4, 0.5) is 0 Å². The van der Waals surface area contributed by atoms with E-state index in [1.807, 2.05) is 85.5 Å². The topological polar surface area (TPSA) is 214 Å². The molecule has 14 nitrogen and oxygen atoms in total. The van der Waals surface area contributed by atoms with Crippen LogP contribution < -0.4 is 23.0 Å². The maximum Gasteiger partial charge on any atom is 0.166 e. The third kappa shape index (κ3) is 22.0. The number of carbonyl (C=O) groups is 2. The van der Waals surface area contributed by atoms with Crippen LogP contribution in [0, 0.1) is 0 Å². The molecule has 16 heteroatoms. The van der Waals surface area contributed by atoms with Gasteiger partial charge in [-0.15, -0.1) is 0 Å². The number of ether oxygens (including phenoxy) is 3. The van der Waals surface area contributed by atoms with Crippen LogP contribution in [0.3, 0.4) is 0 Å². The standard InChI is InChI=1S/C19H20O5.2C5H5N.2Cr.7O/c1-22-17-9-7-15(8-10-17)14-23-12-11-18(13-20)24-19(21)16-5-3-2-4-6-16;2*1-2-4-6-5-3-1;;;;;;;;;/h2-10,13,18H,11-12,14H2,1H3;2*1-5H;;;;;;;;;/q;;;;;;;;;;2*-1/p+2. The summed E-state index contributed by atoms with van der Waals surface area (Å²) in [6.07, 6.45) is 7.63. The molecule has 2 aromatic carbocycles. The van der Waals surface area contributed by atoms with E-state index in [1.54, 1.807) is 37.4 Å². The number of H-pyrrole nitrogens is 2. The number of nitrogens with one attached hydrogen (secondary N) is 2. The molecule has 45 heavy (non-hydrogen) atoms. The molecular formula is C29H32Cr2N2O12. The number of esters is 1. The molecule has 1 atom stereocenters. The van der Waals surface area contributed by atoms with Crippen molar-refractivity contribution in [2.24, 2.45) is 0 Å². The number of rotatable bonds is 11. The molecule has 4 rings (SSSR count). The zero-order valence-corrected chi connectivity index (χ0v) is 26.5. The van der Waals surface area contributed by atoms with Crippen molar-refractivity contribution in [2.75, 3.05) is 13.7 Å². The summed E-state index contributed by atoms with van der Waals surface area (Å²) in [5.74, 6) is 0.274. The molecule has 4 aromatic rings. The summed E-state index contributed by atoms with van der Waals surface area (Å²) in [7, 11) is 1.61. The van der Waals surface area contributed by atoms with Gasteiger partial charge in [-0.1, -0.05) is 42.5 Å². The van der Waals surface area contributed by atoms with Crippen LogP contribution in [0.25, 0.3) is 0 Å². The Balaban J connectivity index is 0.000000387. The van der Waals surface area contributed by atoms with Gasteiger partial charge in [0.05, 0.1) is 25.9 Å². The van der Waals surface area contributed by atoms with Crippen LogP contribution in [-0.4, -0.2) is 32.1 Å². The van der Waals surface area contributed by atoms with Crippen molar-refractivity contribution in [3.63, 3.8) is 0 Å². The molecule has 0 saturated carbocycles. The number of carbonyl (C=O) groups excluding carboxylic acids is 2. The van der Waals surface area contributed by atoms with E-state index in [9.17, 15) is 33.1 Å². The predicted molar refractivity (Wildman–Crippen MR) is 139 cm³/mol. The van der Waals surface area contributed by atoms with Crippen LogP contribution in [0.5, 0.6) is 5.75 Å². The molecule has 0 aliphatic rings. The molecule has 242 valence electrons. The van der Waals surface area contributed by atoms with Crippen molar-refractivity contribution in [2.45, 2.75) is 19.1 Å².